The Labute approximate surface area is 182 Å². The summed E-state index contributed by atoms with van der Waals surface area (Å²) < 4.78 is 10.8. The maximum atomic E-state index is 12.3. The van der Waals surface area contributed by atoms with Crippen LogP contribution in [0.5, 0.6) is 5.75 Å². The Bertz CT molecular complexity index is 1200. The molecule has 166 valence electrons. The SMILES string of the molecule is C[C@H](Oc1ccc2c(-c3ccccc3)cc(=O)oc2c1)C(=O)N[C@@H](CCC(=O)[O-])C(=O)[O-]. The summed E-state index contributed by atoms with van der Waals surface area (Å²) in [7, 11) is 0. The fraction of sp³-hybridized carbons (Fsp3) is 0.217. The predicted molar refractivity (Wildman–Crippen MR) is 109 cm³/mol. The Balaban J connectivity index is 1.78. The number of nitrogens with one attached hydrogen (secondary N) is 1. The van der Waals surface area contributed by atoms with E-state index in [0.717, 1.165) is 5.56 Å². The van der Waals surface area contributed by atoms with Gasteiger partial charge in [-0.1, -0.05) is 30.3 Å². The molecule has 0 saturated carbocycles. The van der Waals surface area contributed by atoms with Crippen LogP contribution >= 0.6 is 0 Å². The highest BCUT2D eigenvalue weighted by Crippen LogP contribution is 2.29. The number of carbonyl (C=O) groups excluding carboxylic acids is 3. The Morgan fingerprint density at radius 3 is 2.44 bits per heavy atom. The van der Waals surface area contributed by atoms with E-state index in [4.69, 9.17) is 9.15 Å². The molecule has 0 aliphatic carbocycles. The molecule has 0 aliphatic heterocycles. The molecule has 3 rings (SSSR count). The molecule has 0 bridgehead atoms. The number of ether oxygens (including phenoxy) is 1. The molecular weight excluding hydrogens is 418 g/mol. The molecule has 3 aromatic rings. The number of fused-ring (bicyclic) bond motifs is 1. The van der Waals surface area contributed by atoms with Gasteiger partial charge in [-0.05, 0) is 43.0 Å². The molecule has 9 heteroatoms. The molecule has 0 saturated heterocycles. The van der Waals surface area contributed by atoms with Crippen molar-refractivity contribution in [3.8, 4) is 16.9 Å². The molecule has 2 aromatic carbocycles. The van der Waals surface area contributed by atoms with Crippen LogP contribution in [-0.2, 0) is 14.4 Å². The molecule has 0 aliphatic rings. The average Bonchev–Trinajstić information content (AvgIpc) is 2.75. The van der Waals surface area contributed by atoms with Crippen LogP contribution in [0.2, 0.25) is 0 Å². The van der Waals surface area contributed by atoms with Crippen molar-refractivity contribution in [2.24, 2.45) is 0 Å². The standard InChI is InChI=1S/C23H21NO8/c1-13(22(28)24-18(23(29)30)9-10-20(25)26)31-15-7-8-16-17(14-5-3-2-4-6-14)12-21(27)32-19(16)11-15/h2-8,11-13,18H,9-10H2,1H3,(H,24,28)(H,25,26)(H,29,30)/p-2/t13-,18-/m0/s1. The lowest BCUT2D eigenvalue weighted by molar-refractivity contribution is -0.310. The van der Waals surface area contributed by atoms with Crippen molar-refractivity contribution < 1.29 is 33.8 Å². The molecular formula is C23H19NO8-2. The van der Waals surface area contributed by atoms with Gasteiger partial charge in [-0.2, -0.15) is 0 Å². The van der Waals surface area contributed by atoms with E-state index in [1.54, 1.807) is 12.1 Å². The van der Waals surface area contributed by atoms with E-state index in [9.17, 15) is 29.4 Å². The normalized spacial score (nSPS) is 12.7. The fourth-order valence-corrected chi connectivity index (χ4v) is 3.13. The second kappa shape index (κ2) is 9.78. The summed E-state index contributed by atoms with van der Waals surface area (Å²) in [5.74, 6) is -3.62. The number of aliphatic carboxylic acids is 2. The minimum absolute atomic E-state index is 0.216. The van der Waals surface area contributed by atoms with Gasteiger partial charge < -0.3 is 34.3 Å². The molecule has 9 nitrogen and oxygen atoms in total. The van der Waals surface area contributed by atoms with Crippen LogP contribution in [0.4, 0.5) is 0 Å². The smallest absolute Gasteiger partial charge is 0.336 e. The van der Waals surface area contributed by atoms with Crippen molar-refractivity contribution in [1.82, 2.24) is 5.32 Å². The van der Waals surface area contributed by atoms with Gasteiger partial charge in [0.2, 0.25) is 0 Å². The molecule has 0 fully saturated rings. The largest absolute Gasteiger partial charge is 0.550 e. The van der Waals surface area contributed by atoms with Crippen LogP contribution in [0, 0.1) is 0 Å². The molecule has 1 heterocycles. The van der Waals surface area contributed by atoms with E-state index in [0.29, 0.717) is 10.9 Å². The van der Waals surface area contributed by atoms with Crippen LogP contribution in [0.25, 0.3) is 22.1 Å². The van der Waals surface area contributed by atoms with Gasteiger partial charge in [0.1, 0.15) is 11.3 Å². The minimum Gasteiger partial charge on any atom is -0.550 e. The van der Waals surface area contributed by atoms with Crippen molar-refractivity contribution in [2.45, 2.75) is 31.9 Å². The Kier molecular flexibility index (Phi) is 6.89. The van der Waals surface area contributed by atoms with Crippen LogP contribution in [0.1, 0.15) is 19.8 Å². The van der Waals surface area contributed by atoms with Gasteiger partial charge in [-0.3, -0.25) is 4.79 Å². The molecule has 32 heavy (non-hydrogen) atoms. The molecule has 0 radical (unpaired) electrons. The number of carboxylic acid groups (broad SMARTS) is 2. The van der Waals surface area contributed by atoms with E-state index >= 15 is 0 Å². The molecule has 1 amide bonds. The number of carbonyl (C=O) groups is 3. The summed E-state index contributed by atoms with van der Waals surface area (Å²) in [4.78, 5) is 46.0. The molecule has 1 aromatic heterocycles. The lowest BCUT2D eigenvalue weighted by atomic mass is 10.0. The van der Waals surface area contributed by atoms with Gasteiger partial charge in [0, 0.05) is 23.5 Å². The summed E-state index contributed by atoms with van der Waals surface area (Å²) >= 11 is 0. The summed E-state index contributed by atoms with van der Waals surface area (Å²) in [6.45, 7) is 1.39. The Morgan fingerprint density at radius 2 is 1.78 bits per heavy atom. The lowest BCUT2D eigenvalue weighted by Crippen LogP contribution is -2.51. The van der Waals surface area contributed by atoms with Crippen LogP contribution < -0.4 is 25.9 Å². The zero-order chi connectivity index (χ0) is 23.3. The quantitative estimate of drug-likeness (QED) is 0.460. The first kappa shape index (κ1) is 22.5. The number of carboxylic acids is 2. The third-order valence-corrected chi connectivity index (χ3v) is 4.72. The fourth-order valence-electron chi connectivity index (χ4n) is 3.13. The first-order valence-corrected chi connectivity index (χ1v) is 9.75. The third kappa shape index (κ3) is 5.51. The van der Waals surface area contributed by atoms with Crippen LogP contribution in [-0.4, -0.2) is 30.0 Å². The van der Waals surface area contributed by atoms with Crippen molar-refractivity contribution in [3.05, 3.63) is 65.0 Å². The number of rotatable bonds is 9. The second-order valence-electron chi connectivity index (χ2n) is 7.05. The van der Waals surface area contributed by atoms with Gasteiger partial charge >= 0.3 is 5.63 Å². The maximum Gasteiger partial charge on any atom is 0.336 e. The van der Waals surface area contributed by atoms with E-state index < -0.39 is 42.0 Å². The highest BCUT2D eigenvalue weighted by molar-refractivity contribution is 5.94. The number of benzene rings is 2. The summed E-state index contributed by atoms with van der Waals surface area (Å²) in [6.07, 6.45) is -2.06. The number of hydrogen-bond acceptors (Lipinski definition) is 8. The van der Waals surface area contributed by atoms with E-state index in [1.165, 1.54) is 19.1 Å². The highest BCUT2D eigenvalue weighted by atomic mass is 16.5. The third-order valence-electron chi connectivity index (χ3n) is 4.72. The summed E-state index contributed by atoms with van der Waals surface area (Å²) in [5.41, 5.74) is 1.21. The molecule has 1 N–H and O–H groups in total. The van der Waals surface area contributed by atoms with Gasteiger partial charge in [0.05, 0.1) is 12.0 Å². The maximum absolute atomic E-state index is 12.3. The van der Waals surface area contributed by atoms with Crippen LogP contribution in [0.3, 0.4) is 0 Å². The minimum atomic E-state index is -1.62. The zero-order valence-electron chi connectivity index (χ0n) is 17.0. The molecule has 0 unspecified atom stereocenters. The van der Waals surface area contributed by atoms with Gasteiger partial charge in [-0.15, -0.1) is 0 Å². The first-order chi connectivity index (χ1) is 15.2. The van der Waals surface area contributed by atoms with Gasteiger partial charge in [0.15, 0.2) is 6.10 Å². The monoisotopic (exact) mass is 437 g/mol. The first-order valence-electron chi connectivity index (χ1n) is 9.75. The second-order valence-corrected chi connectivity index (χ2v) is 7.05. The topological polar surface area (TPSA) is 149 Å². The van der Waals surface area contributed by atoms with Crippen molar-refractivity contribution in [2.75, 3.05) is 0 Å². The highest BCUT2D eigenvalue weighted by Gasteiger charge is 2.20. The molecule has 2 atom stereocenters. The molecule has 0 spiro atoms. The summed E-state index contributed by atoms with van der Waals surface area (Å²) in [5, 5.41) is 24.5. The van der Waals surface area contributed by atoms with Gasteiger partial charge in [-0.25, -0.2) is 4.79 Å². The Morgan fingerprint density at radius 1 is 1.06 bits per heavy atom. The van der Waals surface area contributed by atoms with Crippen molar-refractivity contribution in [1.29, 1.82) is 0 Å². The summed E-state index contributed by atoms with van der Waals surface area (Å²) in [6, 6.07) is 13.9. The van der Waals surface area contributed by atoms with E-state index in [2.05, 4.69) is 5.32 Å². The van der Waals surface area contributed by atoms with E-state index in [1.807, 2.05) is 30.3 Å². The zero-order valence-corrected chi connectivity index (χ0v) is 17.0. The average molecular weight is 437 g/mol. The Hall–Kier alpha value is -4.14. The van der Waals surface area contributed by atoms with Crippen molar-refractivity contribution in [3.63, 3.8) is 0 Å². The van der Waals surface area contributed by atoms with E-state index in [-0.39, 0.29) is 17.8 Å². The predicted octanol–water partition coefficient (Wildman–Crippen LogP) is -0.00790. The van der Waals surface area contributed by atoms with Crippen molar-refractivity contribution >= 4 is 28.8 Å². The number of amides is 1. The lowest BCUT2D eigenvalue weighted by Gasteiger charge is -2.22. The van der Waals surface area contributed by atoms with Crippen LogP contribution in [0.15, 0.2) is 63.8 Å². The number of hydrogen-bond donors (Lipinski definition) is 1. The van der Waals surface area contributed by atoms with Gasteiger partial charge in [0.25, 0.3) is 5.91 Å².